The molecule has 0 aromatic carbocycles. The van der Waals surface area contributed by atoms with Gasteiger partial charge >= 0.3 is 0 Å². The van der Waals surface area contributed by atoms with Gasteiger partial charge in [-0.05, 0) is 13.5 Å². The highest BCUT2D eigenvalue weighted by Gasteiger charge is 2.10. The fourth-order valence-electron chi connectivity index (χ4n) is 2.12. The Balaban J connectivity index is 2.04. The van der Waals surface area contributed by atoms with E-state index < -0.39 is 0 Å². The topological polar surface area (TPSA) is 53.6 Å². The number of rotatable bonds is 10. The predicted molar refractivity (Wildman–Crippen MR) is 70.8 cm³/mol. The molecule has 17 heavy (non-hydrogen) atoms. The van der Waals surface area contributed by atoms with Crippen molar-refractivity contribution in [2.75, 3.05) is 7.05 Å². The van der Waals surface area contributed by atoms with Crippen LogP contribution in [0, 0.1) is 0 Å². The molecule has 2 N–H and O–H groups in total. The van der Waals surface area contributed by atoms with Gasteiger partial charge in [0.1, 0.15) is 0 Å². The summed E-state index contributed by atoms with van der Waals surface area (Å²) in [5.74, 6) is 0. The second-order valence-corrected chi connectivity index (χ2v) is 4.65. The van der Waals surface area contributed by atoms with E-state index in [0.717, 1.165) is 12.1 Å². The molecule has 0 aliphatic carbocycles. The molecule has 1 aromatic rings. The van der Waals surface area contributed by atoms with E-state index in [2.05, 4.69) is 27.7 Å². The number of aromatic nitrogens is 3. The lowest BCUT2D eigenvalue weighted by atomic mass is 10.0. The fourth-order valence-corrected chi connectivity index (χ4v) is 2.12. The Bertz CT molecular complexity index is 258. The molecule has 4 nitrogen and oxygen atoms in total. The molecule has 1 atom stereocenters. The third-order valence-corrected chi connectivity index (χ3v) is 3.24. The highest BCUT2D eigenvalue weighted by Crippen LogP contribution is 2.17. The number of aromatic amines is 1. The fraction of sp³-hybridized carbons (Fsp3) is 0.846. The van der Waals surface area contributed by atoms with Gasteiger partial charge in [0.05, 0.1) is 17.9 Å². The Morgan fingerprint density at radius 1 is 1.18 bits per heavy atom. The summed E-state index contributed by atoms with van der Waals surface area (Å²) in [5.41, 5.74) is 1.03. The number of hydrogen-bond acceptors (Lipinski definition) is 3. The van der Waals surface area contributed by atoms with Gasteiger partial charge in [-0.15, -0.1) is 0 Å². The zero-order chi connectivity index (χ0) is 12.3. The summed E-state index contributed by atoms with van der Waals surface area (Å²) in [7, 11) is 1.99. The molecular formula is C13H26N4. The van der Waals surface area contributed by atoms with Crippen molar-refractivity contribution in [2.24, 2.45) is 0 Å². The maximum atomic E-state index is 4.13. The van der Waals surface area contributed by atoms with Gasteiger partial charge < -0.3 is 5.32 Å². The van der Waals surface area contributed by atoms with Gasteiger partial charge in [0.25, 0.3) is 0 Å². The summed E-state index contributed by atoms with van der Waals surface area (Å²) in [6.07, 6.45) is 12.4. The molecule has 1 aromatic heterocycles. The number of unbranched alkanes of at least 4 members (excludes halogenated alkanes) is 6. The lowest BCUT2D eigenvalue weighted by Crippen LogP contribution is -2.16. The Labute approximate surface area is 105 Å². The van der Waals surface area contributed by atoms with Gasteiger partial charge in [-0.1, -0.05) is 51.9 Å². The second-order valence-electron chi connectivity index (χ2n) is 4.65. The van der Waals surface area contributed by atoms with E-state index in [1.54, 1.807) is 0 Å². The van der Waals surface area contributed by atoms with E-state index in [1.165, 1.54) is 44.9 Å². The van der Waals surface area contributed by atoms with Gasteiger partial charge in [0.2, 0.25) is 0 Å². The highest BCUT2D eigenvalue weighted by molar-refractivity contribution is 4.98. The monoisotopic (exact) mass is 238 g/mol. The first kappa shape index (κ1) is 14.2. The van der Waals surface area contributed by atoms with Crippen molar-refractivity contribution < 1.29 is 0 Å². The minimum absolute atomic E-state index is 0.351. The molecule has 1 rings (SSSR count). The summed E-state index contributed by atoms with van der Waals surface area (Å²) < 4.78 is 0. The average Bonchev–Trinajstić information content (AvgIpc) is 2.86. The summed E-state index contributed by atoms with van der Waals surface area (Å²) in [6, 6.07) is 0.351. The van der Waals surface area contributed by atoms with Crippen molar-refractivity contribution in [3.63, 3.8) is 0 Å². The minimum Gasteiger partial charge on any atom is -0.312 e. The van der Waals surface area contributed by atoms with Crippen LogP contribution in [0.25, 0.3) is 0 Å². The molecule has 0 saturated heterocycles. The van der Waals surface area contributed by atoms with Crippen LogP contribution in [0.1, 0.15) is 70.0 Å². The Hall–Kier alpha value is -0.900. The van der Waals surface area contributed by atoms with Gasteiger partial charge in [-0.25, -0.2) is 0 Å². The number of nitrogens with zero attached hydrogens (tertiary/aromatic N) is 2. The standard InChI is InChI=1S/C13H26N4/c1-3-4-5-6-7-8-9-10-12(14-2)13-11-15-17-16-13/h11-12,14H,3-10H2,1-2H3,(H,15,16,17). The lowest BCUT2D eigenvalue weighted by Gasteiger charge is -2.12. The lowest BCUT2D eigenvalue weighted by molar-refractivity contribution is 0.487. The molecule has 98 valence electrons. The van der Waals surface area contributed by atoms with Crippen LogP contribution in [0.15, 0.2) is 6.20 Å². The quantitative estimate of drug-likeness (QED) is 0.615. The van der Waals surface area contributed by atoms with Gasteiger partial charge in [-0.3, -0.25) is 0 Å². The van der Waals surface area contributed by atoms with Gasteiger partial charge in [-0.2, -0.15) is 15.4 Å². The second kappa shape index (κ2) is 9.16. The maximum Gasteiger partial charge on any atom is 0.0993 e. The Morgan fingerprint density at radius 3 is 2.47 bits per heavy atom. The molecule has 1 unspecified atom stereocenters. The Morgan fingerprint density at radius 2 is 1.88 bits per heavy atom. The molecule has 0 spiro atoms. The SMILES string of the molecule is CCCCCCCCCC(NC)c1cn[nH]n1. The third-order valence-electron chi connectivity index (χ3n) is 3.24. The first-order chi connectivity index (χ1) is 8.38. The van der Waals surface area contributed by atoms with E-state index in [1.807, 2.05) is 13.2 Å². The van der Waals surface area contributed by atoms with Crippen LogP contribution in [-0.2, 0) is 0 Å². The molecule has 0 radical (unpaired) electrons. The van der Waals surface area contributed by atoms with Crippen LogP contribution in [0.4, 0.5) is 0 Å². The highest BCUT2D eigenvalue weighted by atomic mass is 15.3. The summed E-state index contributed by atoms with van der Waals surface area (Å²) >= 11 is 0. The Kier molecular flexibility index (Phi) is 7.63. The van der Waals surface area contributed by atoms with Crippen LogP contribution in [0.2, 0.25) is 0 Å². The molecule has 0 bridgehead atoms. The minimum atomic E-state index is 0.351. The van der Waals surface area contributed by atoms with E-state index in [4.69, 9.17) is 0 Å². The van der Waals surface area contributed by atoms with Crippen molar-refractivity contribution in [1.82, 2.24) is 20.7 Å². The molecule has 1 heterocycles. The van der Waals surface area contributed by atoms with Crippen LogP contribution >= 0.6 is 0 Å². The van der Waals surface area contributed by atoms with Crippen molar-refractivity contribution in [3.05, 3.63) is 11.9 Å². The van der Waals surface area contributed by atoms with E-state index >= 15 is 0 Å². The number of hydrogen-bond donors (Lipinski definition) is 2. The van der Waals surface area contributed by atoms with Crippen molar-refractivity contribution in [3.8, 4) is 0 Å². The van der Waals surface area contributed by atoms with Gasteiger partial charge in [0, 0.05) is 0 Å². The van der Waals surface area contributed by atoms with Crippen molar-refractivity contribution in [2.45, 2.75) is 64.3 Å². The third kappa shape index (κ3) is 5.82. The van der Waals surface area contributed by atoms with Crippen molar-refractivity contribution in [1.29, 1.82) is 0 Å². The zero-order valence-corrected chi connectivity index (χ0v) is 11.2. The van der Waals surface area contributed by atoms with Gasteiger partial charge in [0.15, 0.2) is 0 Å². The molecule has 0 fully saturated rings. The van der Waals surface area contributed by atoms with Crippen LogP contribution in [0.5, 0.6) is 0 Å². The van der Waals surface area contributed by atoms with E-state index in [-0.39, 0.29) is 0 Å². The number of nitrogens with one attached hydrogen (secondary N) is 2. The van der Waals surface area contributed by atoms with Crippen molar-refractivity contribution >= 4 is 0 Å². The molecule has 0 saturated carbocycles. The van der Waals surface area contributed by atoms with Crippen LogP contribution in [0.3, 0.4) is 0 Å². The van der Waals surface area contributed by atoms with E-state index in [9.17, 15) is 0 Å². The first-order valence-electron chi connectivity index (χ1n) is 6.91. The predicted octanol–water partition coefficient (Wildman–Crippen LogP) is 3.21. The maximum absolute atomic E-state index is 4.13. The van der Waals surface area contributed by atoms with E-state index in [0.29, 0.717) is 6.04 Å². The largest absolute Gasteiger partial charge is 0.312 e. The smallest absolute Gasteiger partial charge is 0.0993 e. The van der Waals surface area contributed by atoms with Crippen LogP contribution < -0.4 is 5.32 Å². The molecular weight excluding hydrogens is 212 g/mol. The number of H-pyrrole nitrogens is 1. The first-order valence-corrected chi connectivity index (χ1v) is 6.91. The summed E-state index contributed by atoms with van der Waals surface area (Å²) in [4.78, 5) is 0. The average molecular weight is 238 g/mol. The molecule has 0 aliphatic rings. The normalized spacial score (nSPS) is 12.8. The zero-order valence-electron chi connectivity index (χ0n) is 11.2. The molecule has 4 heteroatoms. The molecule has 0 amide bonds. The summed E-state index contributed by atoms with van der Waals surface area (Å²) in [5, 5.41) is 13.9. The molecule has 0 aliphatic heterocycles. The van der Waals surface area contributed by atoms with Crippen LogP contribution in [-0.4, -0.2) is 22.5 Å². The summed E-state index contributed by atoms with van der Waals surface area (Å²) in [6.45, 7) is 2.26.